The van der Waals surface area contributed by atoms with E-state index in [1.807, 2.05) is 24.3 Å². The number of rotatable bonds is 1. The van der Waals surface area contributed by atoms with E-state index in [9.17, 15) is 0 Å². The minimum absolute atomic E-state index is 0.181. The first kappa shape index (κ1) is 14.0. The molecule has 4 rings (SSSR count). The van der Waals surface area contributed by atoms with E-state index < -0.39 is 0 Å². The van der Waals surface area contributed by atoms with Crippen LogP contribution in [0.25, 0.3) is 0 Å². The topological polar surface area (TPSA) is 38.0 Å². The Hall–Kier alpha value is -1.64. The molecule has 2 aliphatic rings. The van der Waals surface area contributed by atoms with E-state index in [1.165, 1.54) is 5.56 Å². The van der Waals surface area contributed by atoms with Crippen molar-refractivity contribution in [2.24, 2.45) is 5.92 Å². The Morgan fingerprint density at radius 3 is 2.73 bits per heavy atom. The molecule has 2 nitrogen and oxygen atoms in total. The summed E-state index contributed by atoms with van der Waals surface area (Å²) in [6.07, 6.45) is 5.59. The molecule has 1 aliphatic carbocycles. The van der Waals surface area contributed by atoms with Gasteiger partial charge in [-0.25, -0.2) is 0 Å². The van der Waals surface area contributed by atoms with Gasteiger partial charge in [0.05, 0.1) is 6.04 Å². The number of anilines is 2. The first-order valence-electron chi connectivity index (χ1n) is 7.41. The molecule has 0 bridgehead atoms. The predicted molar refractivity (Wildman–Crippen MR) is 93.7 cm³/mol. The third-order valence-electron chi connectivity index (χ3n) is 4.68. The van der Waals surface area contributed by atoms with Gasteiger partial charge < -0.3 is 11.1 Å². The number of nitrogens with one attached hydrogen (secondary N) is 1. The standard InChI is InChI=1S/C18H16Cl2N2/c19-10-4-6-14(16(20)8-10)18-13-3-1-2-12(13)15-9-11(21)5-7-17(15)22-18/h1-2,4-9,12-13,18,22H,3,21H2/t12-,13-,18+/m0/s1. The third-order valence-corrected chi connectivity index (χ3v) is 5.25. The zero-order valence-electron chi connectivity index (χ0n) is 11.9. The fraction of sp³-hybridized carbons (Fsp3) is 0.222. The second kappa shape index (κ2) is 5.22. The van der Waals surface area contributed by atoms with Gasteiger partial charge >= 0.3 is 0 Å². The molecule has 3 N–H and O–H groups in total. The van der Waals surface area contributed by atoms with Crippen molar-refractivity contribution >= 4 is 34.6 Å². The Morgan fingerprint density at radius 2 is 1.91 bits per heavy atom. The summed E-state index contributed by atoms with van der Waals surface area (Å²) in [7, 11) is 0. The molecule has 2 aromatic rings. The highest BCUT2D eigenvalue weighted by Gasteiger charge is 2.38. The number of hydrogen-bond acceptors (Lipinski definition) is 2. The maximum absolute atomic E-state index is 6.44. The first-order valence-corrected chi connectivity index (χ1v) is 8.16. The van der Waals surface area contributed by atoms with E-state index in [4.69, 9.17) is 28.9 Å². The fourth-order valence-corrected chi connectivity index (χ4v) is 4.20. The third kappa shape index (κ3) is 2.18. The average molecular weight is 331 g/mol. The molecule has 4 heteroatoms. The summed E-state index contributed by atoms with van der Waals surface area (Å²) in [5.74, 6) is 0.837. The van der Waals surface area contributed by atoms with Crippen LogP contribution in [-0.4, -0.2) is 0 Å². The van der Waals surface area contributed by atoms with Gasteiger partial charge in [-0.3, -0.25) is 0 Å². The minimum atomic E-state index is 0.181. The molecule has 2 aromatic carbocycles. The summed E-state index contributed by atoms with van der Waals surface area (Å²) in [4.78, 5) is 0. The highest BCUT2D eigenvalue weighted by Crippen LogP contribution is 2.51. The summed E-state index contributed by atoms with van der Waals surface area (Å²) in [6.45, 7) is 0. The molecule has 3 atom stereocenters. The molecule has 0 unspecified atom stereocenters. The SMILES string of the molecule is Nc1ccc2c(c1)[C@H]1C=CC[C@@H]1[C@H](c1ccc(Cl)cc1Cl)N2. The van der Waals surface area contributed by atoms with Crippen molar-refractivity contribution in [2.75, 3.05) is 11.1 Å². The molecule has 22 heavy (non-hydrogen) atoms. The molecular formula is C18H16Cl2N2. The highest BCUT2D eigenvalue weighted by molar-refractivity contribution is 6.35. The lowest BCUT2D eigenvalue weighted by atomic mass is 9.77. The lowest BCUT2D eigenvalue weighted by Gasteiger charge is -2.38. The number of allylic oxidation sites excluding steroid dienone is 2. The molecule has 0 fully saturated rings. The van der Waals surface area contributed by atoms with Gasteiger partial charge in [0.15, 0.2) is 0 Å². The zero-order chi connectivity index (χ0) is 15.3. The molecule has 0 saturated heterocycles. The van der Waals surface area contributed by atoms with Gasteiger partial charge in [0.25, 0.3) is 0 Å². The van der Waals surface area contributed by atoms with Crippen LogP contribution in [0.5, 0.6) is 0 Å². The van der Waals surface area contributed by atoms with Gasteiger partial charge in [0.2, 0.25) is 0 Å². The summed E-state index contributed by atoms with van der Waals surface area (Å²) in [5.41, 5.74) is 10.3. The molecule has 0 aromatic heterocycles. The van der Waals surface area contributed by atoms with Crippen LogP contribution < -0.4 is 11.1 Å². The summed E-state index contributed by atoms with van der Waals surface area (Å²) < 4.78 is 0. The molecule has 0 saturated carbocycles. The maximum Gasteiger partial charge on any atom is 0.0568 e. The molecule has 0 radical (unpaired) electrons. The number of hydrogen-bond donors (Lipinski definition) is 2. The average Bonchev–Trinajstić information content (AvgIpc) is 2.97. The quantitative estimate of drug-likeness (QED) is 0.542. The lowest BCUT2D eigenvalue weighted by molar-refractivity contribution is 0.426. The first-order chi connectivity index (χ1) is 10.6. The van der Waals surface area contributed by atoms with Crippen LogP contribution in [0.4, 0.5) is 11.4 Å². The summed E-state index contributed by atoms with van der Waals surface area (Å²) >= 11 is 12.5. The van der Waals surface area contributed by atoms with E-state index in [0.717, 1.165) is 28.4 Å². The zero-order valence-corrected chi connectivity index (χ0v) is 13.4. The Bertz CT molecular complexity index is 770. The fourth-order valence-electron chi connectivity index (χ4n) is 3.67. The molecule has 112 valence electrons. The largest absolute Gasteiger partial charge is 0.399 e. The van der Waals surface area contributed by atoms with Gasteiger partial charge in [0, 0.05) is 27.3 Å². The van der Waals surface area contributed by atoms with E-state index in [1.54, 1.807) is 0 Å². The van der Waals surface area contributed by atoms with Crippen molar-refractivity contribution in [1.82, 2.24) is 0 Å². The van der Waals surface area contributed by atoms with Gasteiger partial charge in [-0.2, -0.15) is 0 Å². The number of nitrogens with two attached hydrogens (primary N) is 1. The Labute approximate surface area is 139 Å². The van der Waals surface area contributed by atoms with Crippen LogP contribution in [0.2, 0.25) is 10.0 Å². The van der Waals surface area contributed by atoms with Crippen molar-refractivity contribution in [2.45, 2.75) is 18.4 Å². The van der Waals surface area contributed by atoms with Crippen LogP contribution in [0.3, 0.4) is 0 Å². The molecule has 1 aliphatic heterocycles. The van der Waals surface area contributed by atoms with E-state index in [-0.39, 0.29) is 6.04 Å². The minimum Gasteiger partial charge on any atom is -0.399 e. The summed E-state index contributed by atoms with van der Waals surface area (Å²) in [6, 6.07) is 12.0. The lowest BCUT2D eigenvalue weighted by Crippen LogP contribution is -2.29. The molecule has 0 spiro atoms. The highest BCUT2D eigenvalue weighted by atomic mass is 35.5. The van der Waals surface area contributed by atoms with Crippen molar-refractivity contribution in [1.29, 1.82) is 0 Å². The Morgan fingerprint density at radius 1 is 1.05 bits per heavy atom. The van der Waals surface area contributed by atoms with E-state index >= 15 is 0 Å². The molecule has 1 heterocycles. The number of fused-ring (bicyclic) bond motifs is 3. The number of benzene rings is 2. The molecule has 0 amide bonds. The van der Waals surface area contributed by atoms with Crippen LogP contribution in [0.15, 0.2) is 48.6 Å². The van der Waals surface area contributed by atoms with Crippen molar-refractivity contribution in [3.63, 3.8) is 0 Å². The number of nitrogen functional groups attached to an aromatic ring is 1. The van der Waals surface area contributed by atoms with Crippen LogP contribution in [-0.2, 0) is 0 Å². The van der Waals surface area contributed by atoms with Crippen molar-refractivity contribution in [3.05, 3.63) is 69.7 Å². The van der Waals surface area contributed by atoms with Crippen LogP contribution >= 0.6 is 23.2 Å². The van der Waals surface area contributed by atoms with Crippen molar-refractivity contribution in [3.8, 4) is 0 Å². The smallest absolute Gasteiger partial charge is 0.0568 e. The predicted octanol–water partition coefficient (Wildman–Crippen LogP) is 5.40. The van der Waals surface area contributed by atoms with Gasteiger partial charge in [-0.1, -0.05) is 41.4 Å². The van der Waals surface area contributed by atoms with E-state index in [0.29, 0.717) is 16.9 Å². The monoisotopic (exact) mass is 330 g/mol. The second-order valence-electron chi connectivity index (χ2n) is 5.99. The van der Waals surface area contributed by atoms with Gasteiger partial charge in [0.1, 0.15) is 0 Å². The van der Waals surface area contributed by atoms with Crippen LogP contribution in [0.1, 0.15) is 29.5 Å². The normalized spacial score (nSPS) is 25.5. The maximum atomic E-state index is 6.44. The molecular weight excluding hydrogens is 315 g/mol. The van der Waals surface area contributed by atoms with Gasteiger partial charge in [-0.05, 0) is 53.8 Å². The number of halogens is 2. The van der Waals surface area contributed by atoms with Gasteiger partial charge in [-0.15, -0.1) is 0 Å². The van der Waals surface area contributed by atoms with Crippen LogP contribution in [0, 0.1) is 5.92 Å². The summed E-state index contributed by atoms with van der Waals surface area (Å²) in [5, 5.41) is 5.03. The van der Waals surface area contributed by atoms with E-state index in [2.05, 4.69) is 29.6 Å². The van der Waals surface area contributed by atoms with Crippen molar-refractivity contribution < 1.29 is 0 Å². The second-order valence-corrected chi connectivity index (χ2v) is 6.83. The Balaban J connectivity index is 1.81. The Kier molecular flexibility index (Phi) is 3.32.